The molecule has 0 radical (unpaired) electrons. The Labute approximate surface area is 119 Å². The zero-order valence-electron chi connectivity index (χ0n) is 9.32. The molecule has 1 rings (SSSR count). The first kappa shape index (κ1) is 16.5. The first-order chi connectivity index (χ1) is 7.52. The normalized spacial score (nSPS) is 16.6. The molecule has 0 bridgehead atoms. The van der Waals surface area contributed by atoms with Gasteiger partial charge in [-0.2, -0.15) is 0 Å². The fourth-order valence-corrected chi connectivity index (χ4v) is 1.22. The zero-order chi connectivity index (χ0) is 12.1. The molecular weight excluding hydrogens is 247 g/mol. The van der Waals surface area contributed by atoms with Crippen LogP contribution in [0.4, 0.5) is 8.78 Å². The Morgan fingerprint density at radius 3 is 2.24 bits per heavy atom. The van der Waals surface area contributed by atoms with Gasteiger partial charge in [-0.05, 0) is 0 Å². The van der Waals surface area contributed by atoms with Crippen LogP contribution in [0.5, 0.6) is 0 Å². The summed E-state index contributed by atoms with van der Waals surface area (Å²) in [4.78, 5) is 22.8. The summed E-state index contributed by atoms with van der Waals surface area (Å²) < 4.78 is 29.1. The van der Waals surface area contributed by atoms with Crippen molar-refractivity contribution >= 4 is 11.8 Å². The second-order valence-corrected chi connectivity index (χ2v) is 3.14. The molecule has 1 heterocycles. The van der Waals surface area contributed by atoms with Crippen molar-refractivity contribution in [1.29, 1.82) is 0 Å². The van der Waals surface area contributed by atoms with Gasteiger partial charge in [0, 0.05) is 19.3 Å². The van der Waals surface area contributed by atoms with Gasteiger partial charge >= 0.3 is 36.0 Å². The average molecular weight is 257 g/mol. The molecule has 8 heteroatoms. The van der Waals surface area contributed by atoms with Crippen LogP contribution < -0.4 is 34.7 Å². The first-order valence-corrected chi connectivity index (χ1v) is 4.59. The Bertz CT molecular complexity index is 316. The van der Waals surface area contributed by atoms with Crippen LogP contribution in [-0.4, -0.2) is 49.4 Å². The number of hydrogen-bond donors (Lipinski definition) is 0. The number of Topliss-reactive ketones (excluding diaryl/α,β-unsaturated/α-hetero) is 1. The van der Waals surface area contributed by atoms with E-state index in [9.17, 15) is 23.5 Å². The van der Waals surface area contributed by atoms with Gasteiger partial charge in [-0.15, -0.1) is 0 Å². The summed E-state index contributed by atoms with van der Waals surface area (Å²) in [5, 5.41) is 10.5. The second kappa shape index (κ2) is 7.75. The van der Waals surface area contributed by atoms with E-state index in [-0.39, 0.29) is 29.6 Å². The molecule has 0 spiro atoms. The number of carboxylic acids is 1. The molecule has 1 aliphatic heterocycles. The van der Waals surface area contributed by atoms with Crippen molar-refractivity contribution < 1.29 is 57.8 Å². The van der Waals surface area contributed by atoms with Gasteiger partial charge in [0.2, 0.25) is 5.78 Å². The van der Waals surface area contributed by atoms with Gasteiger partial charge in [0.15, 0.2) is 0 Å². The maximum atomic E-state index is 12.1. The number of aliphatic carboxylic acids is 1. The molecule has 0 aromatic carbocycles. The number of carbonyl (C=O) groups is 2. The van der Waals surface area contributed by atoms with E-state index in [0.29, 0.717) is 26.3 Å². The van der Waals surface area contributed by atoms with Crippen molar-refractivity contribution in [2.24, 2.45) is 0 Å². The third-order valence-corrected chi connectivity index (χ3v) is 2.04. The Kier molecular flexibility index (Phi) is 7.53. The molecule has 0 amide bonds. The molecule has 5 nitrogen and oxygen atoms in total. The molecule has 17 heavy (non-hydrogen) atoms. The number of ether oxygens (including phenoxy) is 1. The van der Waals surface area contributed by atoms with Gasteiger partial charge in [0.1, 0.15) is 0 Å². The van der Waals surface area contributed by atoms with Gasteiger partial charge in [0.05, 0.1) is 24.8 Å². The minimum atomic E-state index is -3.34. The maximum Gasteiger partial charge on any atom is 1.00 e. The molecule has 0 aliphatic carbocycles. The third kappa shape index (κ3) is 5.12. The molecule has 0 aromatic rings. The number of nitrogens with zero attached hydrogens (tertiary/aromatic N) is 1. The molecular formula is C9H10F2NNaO4. The smallest absolute Gasteiger partial charge is 0.545 e. The zero-order valence-corrected chi connectivity index (χ0v) is 11.3. The van der Waals surface area contributed by atoms with Crippen molar-refractivity contribution in [3.63, 3.8) is 0 Å². The van der Waals surface area contributed by atoms with Gasteiger partial charge in [-0.3, -0.25) is 4.79 Å². The quantitative estimate of drug-likeness (QED) is 0.221. The number of halogens is 2. The van der Waals surface area contributed by atoms with Crippen LogP contribution in [0.2, 0.25) is 0 Å². The second-order valence-electron chi connectivity index (χ2n) is 3.14. The monoisotopic (exact) mass is 257 g/mol. The van der Waals surface area contributed by atoms with Crippen molar-refractivity contribution in [2.45, 2.75) is 6.43 Å². The van der Waals surface area contributed by atoms with Crippen LogP contribution in [0.15, 0.2) is 11.8 Å². The van der Waals surface area contributed by atoms with Crippen LogP contribution in [0, 0.1) is 0 Å². The van der Waals surface area contributed by atoms with E-state index in [0.717, 1.165) is 6.20 Å². The SMILES string of the molecule is O=C([O-])C(=CN1CCOCC1)C(=O)C(F)F.[Na+]. The van der Waals surface area contributed by atoms with Crippen LogP contribution in [0.3, 0.4) is 0 Å². The van der Waals surface area contributed by atoms with E-state index in [4.69, 9.17) is 4.74 Å². The Morgan fingerprint density at radius 2 is 1.82 bits per heavy atom. The predicted octanol–water partition coefficient (Wildman–Crippen LogP) is -4.21. The van der Waals surface area contributed by atoms with Crippen LogP contribution >= 0.6 is 0 Å². The number of morpholine rings is 1. The Balaban J connectivity index is 0.00000256. The number of carbonyl (C=O) groups excluding carboxylic acids is 2. The molecule has 1 aliphatic rings. The average Bonchev–Trinajstić information content (AvgIpc) is 2.26. The first-order valence-electron chi connectivity index (χ1n) is 4.59. The minimum Gasteiger partial charge on any atom is -0.545 e. The summed E-state index contributed by atoms with van der Waals surface area (Å²) >= 11 is 0. The summed E-state index contributed by atoms with van der Waals surface area (Å²) in [7, 11) is 0. The van der Waals surface area contributed by atoms with Crippen molar-refractivity contribution in [3.05, 3.63) is 11.8 Å². The van der Waals surface area contributed by atoms with Crippen LogP contribution in [0.25, 0.3) is 0 Å². The van der Waals surface area contributed by atoms with E-state index in [2.05, 4.69) is 0 Å². The van der Waals surface area contributed by atoms with E-state index in [1.54, 1.807) is 0 Å². The minimum absolute atomic E-state index is 0. The molecule has 0 atom stereocenters. The molecule has 1 fully saturated rings. The number of rotatable bonds is 4. The number of carboxylic acid groups (broad SMARTS) is 1. The maximum absolute atomic E-state index is 12.1. The molecule has 90 valence electrons. The third-order valence-electron chi connectivity index (χ3n) is 2.04. The van der Waals surface area contributed by atoms with Gasteiger partial charge < -0.3 is 19.5 Å². The number of hydrogen-bond acceptors (Lipinski definition) is 5. The summed E-state index contributed by atoms with van der Waals surface area (Å²) in [6.45, 7) is 1.43. The molecule has 0 N–H and O–H groups in total. The summed E-state index contributed by atoms with van der Waals surface area (Å²) in [5.74, 6) is -3.62. The van der Waals surface area contributed by atoms with E-state index in [1.807, 2.05) is 0 Å². The van der Waals surface area contributed by atoms with Gasteiger partial charge in [-0.25, -0.2) is 8.78 Å². The topological polar surface area (TPSA) is 69.7 Å². The van der Waals surface area contributed by atoms with E-state index >= 15 is 0 Å². The number of ketones is 1. The van der Waals surface area contributed by atoms with Crippen molar-refractivity contribution in [2.75, 3.05) is 26.3 Å². The summed E-state index contributed by atoms with van der Waals surface area (Å²) in [5.41, 5.74) is -1.00. The standard InChI is InChI=1S/C9H11F2NO4.Na/c10-8(11)7(13)6(9(14)15)5-12-1-3-16-4-2-12;/h5,8H,1-4H2,(H,14,15);/q;+1/p-1. The van der Waals surface area contributed by atoms with E-state index in [1.165, 1.54) is 4.90 Å². The molecule has 0 aromatic heterocycles. The number of alkyl halides is 2. The summed E-state index contributed by atoms with van der Waals surface area (Å²) in [6.07, 6.45) is -2.45. The fraction of sp³-hybridized carbons (Fsp3) is 0.556. The van der Waals surface area contributed by atoms with Crippen molar-refractivity contribution in [1.82, 2.24) is 4.90 Å². The Hall–Kier alpha value is -0.500. The predicted molar refractivity (Wildman–Crippen MR) is 46.5 cm³/mol. The molecule has 0 unspecified atom stereocenters. The Morgan fingerprint density at radius 1 is 1.29 bits per heavy atom. The molecule has 1 saturated heterocycles. The molecule has 0 saturated carbocycles. The summed E-state index contributed by atoms with van der Waals surface area (Å²) in [6, 6.07) is 0. The van der Waals surface area contributed by atoms with Crippen molar-refractivity contribution in [3.8, 4) is 0 Å². The van der Waals surface area contributed by atoms with Crippen LogP contribution in [0.1, 0.15) is 0 Å². The van der Waals surface area contributed by atoms with Crippen LogP contribution in [-0.2, 0) is 14.3 Å². The largest absolute Gasteiger partial charge is 1.00 e. The fourth-order valence-electron chi connectivity index (χ4n) is 1.22. The van der Waals surface area contributed by atoms with Gasteiger partial charge in [-0.1, -0.05) is 0 Å². The van der Waals surface area contributed by atoms with E-state index < -0.39 is 23.8 Å². The van der Waals surface area contributed by atoms with Gasteiger partial charge in [0.25, 0.3) is 0 Å².